The molecule has 1 aromatic heterocycles. The molecular weight excluding hydrogens is 453 g/mol. The summed E-state index contributed by atoms with van der Waals surface area (Å²) in [5.41, 5.74) is 1.92. The zero-order valence-corrected chi connectivity index (χ0v) is 18.9. The molecule has 1 N–H and O–H groups in total. The van der Waals surface area contributed by atoms with Gasteiger partial charge in [-0.3, -0.25) is 4.57 Å². The summed E-state index contributed by atoms with van der Waals surface area (Å²) in [7, 11) is 0. The summed E-state index contributed by atoms with van der Waals surface area (Å²) in [6.07, 6.45) is -5.13. The number of likely N-dealkylation sites (tertiary alicyclic amines) is 1. The van der Waals surface area contributed by atoms with Crippen LogP contribution in [-0.2, 0) is 6.54 Å². The van der Waals surface area contributed by atoms with Crippen LogP contribution in [0, 0.1) is 11.3 Å². The van der Waals surface area contributed by atoms with E-state index in [1.807, 2.05) is 20.8 Å². The minimum atomic E-state index is -4.77. The molecule has 182 valence electrons. The molecule has 4 rings (SSSR count). The van der Waals surface area contributed by atoms with Crippen LogP contribution >= 0.6 is 0 Å². The highest BCUT2D eigenvalue weighted by Crippen LogP contribution is 2.38. The van der Waals surface area contributed by atoms with E-state index in [1.165, 1.54) is 33.7 Å². The number of hydrogen-bond acceptors (Lipinski definition) is 4. The molecular formula is C24H25F3N2O5. The van der Waals surface area contributed by atoms with Crippen molar-refractivity contribution in [3.05, 3.63) is 53.0 Å². The Balaban J connectivity index is 1.66. The molecule has 1 fully saturated rings. The first-order valence-corrected chi connectivity index (χ1v) is 10.8. The zero-order chi connectivity index (χ0) is 24.8. The molecule has 1 saturated heterocycles. The number of halogens is 3. The summed E-state index contributed by atoms with van der Waals surface area (Å²) in [5.74, 6) is -0.949. The smallest absolute Gasteiger partial charge is 0.465 e. The van der Waals surface area contributed by atoms with Crippen LogP contribution in [0.2, 0.25) is 0 Å². The summed E-state index contributed by atoms with van der Waals surface area (Å²) in [6, 6.07) is 10.3. The Bertz CT molecular complexity index is 1250. The van der Waals surface area contributed by atoms with Crippen LogP contribution in [0.15, 0.2) is 51.7 Å². The summed E-state index contributed by atoms with van der Waals surface area (Å²) in [6.45, 7) is 6.62. The molecule has 0 radical (unpaired) electrons. The zero-order valence-electron chi connectivity index (χ0n) is 18.9. The number of nitrogens with zero attached hydrogens (tertiary/aromatic N) is 2. The molecule has 1 aliphatic rings. The normalized spacial score (nSPS) is 19.1. The van der Waals surface area contributed by atoms with E-state index < -0.39 is 18.2 Å². The van der Waals surface area contributed by atoms with Gasteiger partial charge >= 0.3 is 18.2 Å². The molecule has 7 nitrogen and oxygen atoms in total. The number of ether oxygens (including phenoxy) is 1. The van der Waals surface area contributed by atoms with E-state index in [4.69, 9.17) is 4.42 Å². The number of hydrogen-bond donors (Lipinski definition) is 1. The van der Waals surface area contributed by atoms with Crippen molar-refractivity contribution in [3.63, 3.8) is 0 Å². The van der Waals surface area contributed by atoms with E-state index >= 15 is 0 Å². The number of oxazole rings is 1. The highest BCUT2D eigenvalue weighted by Gasteiger charge is 2.44. The predicted molar refractivity (Wildman–Crippen MR) is 119 cm³/mol. The van der Waals surface area contributed by atoms with Gasteiger partial charge in [-0.2, -0.15) is 0 Å². The first kappa shape index (κ1) is 23.7. The Hall–Kier alpha value is -3.43. The van der Waals surface area contributed by atoms with E-state index in [-0.39, 0.29) is 23.1 Å². The fourth-order valence-corrected chi connectivity index (χ4v) is 4.93. The van der Waals surface area contributed by atoms with Crippen LogP contribution in [0.1, 0.15) is 27.2 Å². The third-order valence-corrected chi connectivity index (χ3v) is 6.16. The molecule has 3 aromatic rings. The van der Waals surface area contributed by atoms with Gasteiger partial charge in [0, 0.05) is 19.1 Å². The molecule has 1 aliphatic heterocycles. The Morgan fingerprint density at radius 1 is 1.12 bits per heavy atom. The summed E-state index contributed by atoms with van der Waals surface area (Å²) < 4.78 is 48.1. The van der Waals surface area contributed by atoms with Crippen LogP contribution in [0.4, 0.5) is 18.0 Å². The van der Waals surface area contributed by atoms with Crippen LogP contribution < -0.4 is 10.5 Å². The molecule has 1 unspecified atom stereocenters. The Kier molecular flexibility index (Phi) is 5.87. The standard InChI is InChI=1S/C24H25F3N2O5/c1-23(2,3)20-16(10-11-28(20)21(30)31)13-29-18-12-15(6-9-19(18)33-22(29)32)14-4-7-17(8-5-14)34-24(25,26)27/h4-9,12,16,20H,10-11,13H2,1-3H3,(H,30,31)/t16-,20?/m0/s1. The van der Waals surface area contributed by atoms with Crippen molar-refractivity contribution in [3.8, 4) is 16.9 Å². The highest BCUT2D eigenvalue weighted by molar-refractivity contribution is 5.80. The van der Waals surface area contributed by atoms with Crippen LogP contribution in [0.25, 0.3) is 22.2 Å². The SMILES string of the molecule is CC(C)(C)C1[C@H](Cn2c(=O)oc3ccc(-c4ccc(OC(F)(F)F)cc4)cc32)CCN1C(=O)O. The van der Waals surface area contributed by atoms with Gasteiger partial charge in [-0.25, -0.2) is 9.59 Å². The van der Waals surface area contributed by atoms with Crippen LogP contribution in [0.5, 0.6) is 5.75 Å². The predicted octanol–water partition coefficient (Wildman–Crippen LogP) is 5.57. The average Bonchev–Trinajstić information content (AvgIpc) is 3.29. The lowest BCUT2D eigenvalue weighted by Crippen LogP contribution is -2.46. The lowest BCUT2D eigenvalue weighted by atomic mass is 9.79. The van der Waals surface area contributed by atoms with Crippen molar-refractivity contribution in [2.45, 2.75) is 46.1 Å². The third kappa shape index (κ3) is 4.76. The lowest BCUT2D eigenvalue weighted by molar-refractivity contribution is -0.274. The minimum absolute atomic E-state index is 0.0861. The number of carbonyl (C=O) groups is 1. The van der Waals surface area contributed by atoms with Gasteiger partial charge in [-0.05, 0) is 53.1 Å². The Morgan fingerprint density at radius 2 is 1.76 bits per heavy atom. The van der Waals surface area contributed by atoms with Gasteiger partial charge in [0.2, 0.25) is 0 Å². The number of carboxylic acid groups (broad SMARTS) is 1. The molecule has 34 heavy (non-hydrogen) atoms. The van der Waals surface area contributed by atoms with Crippen molar-refractivity contribution >= 4 is 17.2 Å². The molecule has 2 atom stereocenters. The molecule has 2 heterocycles. The second-order valence-electron chi connectivity index (χ2n) is 9.57. The van der Waals surface area contributed by atoms with Crippen LogP contribution in [-0.4, -0.2) is 39.6 Å². The van der Waals surface area contributed by atoms with Gasteiger partial charge in [0.15, 0.2) is 5.58 Å². The molecule has 2 aromatic carbocycles. The maximum atomic E-state index is 12.7. The second kappa shape index (κ2) is 8.41. The minimum Gasteiger partial charge on any atom is -0.465 e. The van der Waals surface area contributed by atoms with Gasteiger partial charge in [0.1, 0.15) is 5.75 Å². The number of fused-ring (bicyclic) bond motifs is 1. The van der Waals surface area contributed by atoms with Crippen molar-refractivity contribution in [2.75, 3.05) is 6.54 Å². The van der Waals surface area contributed by atoms with Gasteiger partial charge in [-0.15, -0.1) is 13.2 Å². The maximum absolute atomic E-state index is 12.7. The topological polar surface area (TPSA) is 84.9 Å². The fraction of sp³-hybridized carbons (Fsp3) is 0.417. The second-order valence-corrected chi connectivity index (χ2v) is 9.57. The molecule has 0 spiro atoms. The first-order chi connectivity index (χ1) is 15.8. The quantitative estimate of drug-likeness (QED) is 0.530. The van der Waals surface area contributed by atoms with E-state index in [9.17, 15) is 27.9 Å². The number of amides is 1. The summed E-state index contributed by atoms with van der Waals surface area (Å²) in [4.78, 5) is 25.9. The first-order valence-electron chi connectivity index (χ1n) is 10.8. The van der Waals surface area contributed by atoms with Crippen molar-refractivity contribution in [1.82, 2.24) is 9.47 Å². The largest absolute Gasteiger partial charge is 0.573 e. The Labute approximate surface area is 193 Å². The van der Waals surface area contributed by atoms with Crippen molar-refractivity contribution in [2.24, 2.45) is 11.3 Å². The number of rotatable bonds is 4. The highest BCUT2D eigenvalue weighted by atomic mass is 19.4. The summed E-state index contributed by atoms with van der Waals surface area (Å²) >= 11 is 0. The van der Waals surface area contributed by atoms with Gasteiger partial charge in [0.25, 0.3) is 0 Å². The molecule has 10 heteroatoms. The number of alkyl halides is 3. The van der Waals surface area contributed by atoms with Crippen molar-refractivity contribution < 1.29 is 32.2 Å². The van der Waals surface area contributed by atoms with E-state index in [1.54, 1.807) is 18.2 Å². The monoisotopic (exact) mass is 478 g/mol. The number of benzene rings is 2. The van der Waals surface area contributed by atoms with Gasteiger partial charge < -0.3 is 19.2 Å². The summed E-state index contributed by atoms with van der Waals surface area (Å²) in [5, 5.41) is 9.63. The number of aromatic nitrogens is 1. The Morgan fingerprint density at radius 3 is 2.35 bits per heavy atom. The molecule has 0 saturated carbocycles. The molecule has 1 amide bonds. The maximum Gasteiger partial charge on any atom is 0.573 e. The fourth-order valence-electron chi connectivity index (χ4n) is 4.93. The average molecular weight is 478 g/mol. The van der Waals surface area contributed by atoms with Crippen molar-refractivity contribution in [1.29, 1.82) is 0 Å². The van der Waals surface area contributed by atoms with E-state index in [0.29, 0.717) is 41.7 Å². The van der Waals surface area contributed by atoms with Gasteiger partial charge in [0.05, 0.1) is 5.52 Å². The van der Waals surface area contributed by atoms with Crippen LogP contribution in [0.3, 0.4) is 0 Å². The van der Waals surface area contributed by atoms with E-state index in [0.717, 1.165) is 0 Å². The lowest BCUT2D eigenvalue weighted by Gasteiger charge is -2.37. The third-order valence-electron chi connectivity index (χ3n) is 6.16. The van der Waals surface area contributed by atoms with E-state index in [2.05, 4.69) is 4.74 Å². The molecule has 0 bridgehead atoms. The molecule has 0 aliphatic carbocycles. The van der Waals surface area contributed by atoms with Gasteiger partial charge in [-0.1, -0.05) is 39.0 Å².